The third-order valence-electron chi connectivity index (χ3n) is 2.67. The van der Waals surface area contributed by atoms with Gasteiger partial charge in [-0.1, -0.05) is 12.1 Å². The van der Waals surface area contributed by atoms with Crippen LogP contribution in [0.4, 0.5) is 0 Å². The second kappa shape index (κ2) is 4.83. The number of para-hydroxylation sites is 1. The Hall–Kier alpha value is -2.43. The molecule has 2 rings (SSSR count). The van der Waals surface area contributed by atoms with E-state index in [1.165, 1.54) is 17.9 Å². The van der Waals surface area contributed by atoms with E-state index in [1.807, 2.05) is 0 Å². The highest BCUT2D eigenvalue weighted by Gasteiger charge is 2.10. The van der Waals surface area contributed by atoms with E-state index in [1.54, 1.807) is 24.3 Å². The van der Waals surface area contributed by atoms with Crippen molar-refractivity contribution in [2.24, 2.45) is 0 Å². The number of rotatable bonds is 3. The monoisotopic (exact) mass is 245 g/mol. The van der Waals surface area contributed by atoms with Crippen molar-refractivity contribution in [3.63, 3.8) is 0 Å². The molecule has 5 nitrogen and oxygen atoms in total. The predicted octanol–water partition coefficient (Wildman–Crippen LogP) is 0.987. The van der Waals surface area contributed by atoms with E-state index in [4.69, 9.17) is 0 Å². The maximum absolute atomic E-state index is 11.9. The van der Waals surface area contributed by atoms with Gasteiger partial charge in [-0.2, -0.15) is 0 Å². The standard InChI is InChI=1S/C13H11NO4/c1-18-12(16)7-14-6-9(8-15)13(17)10-4-2-3-5-11(10)14/h2-6,8H,7H2,1H3. The van der Waals surface area contributed by atoms with Gasteiger partial charge in [-0.3, -0.25) is 14.4 Å². The molecular weight excluding hydrogens is 234 g/mol. The lowest BCUT2D eigenvalue weighted by Gasteiger charge is -2.10. The first-order valence-electron chi connectivity index (χ1n) is 5.31. The van der Waals surface area contributed by atoms with Crippen LogP contribution in [0.15, 0.2) is 35.3 Å². The zero-order chi connectivity index (χ0) is 13.1. The van der Waals surface area contributed by atoms with Gasteiger partial charge in [0.25, 0.3) is 0 Å². The number of hydrogen-bond acceptors (Lipinski definition) is 4. The van der Waals surface area contributed by atoms with E-state index in [0.29, 0.717) is 17.2 Å². The average Bonchev–Trinajstić information content (AvgIpc) is 2.41. The molecule has 0 atom stereocenters. The quantitative estimate of drug-likeness (QED) is 0.597. The SMILES string of the molecule is COC(=O)Cn1cc(C=O)c(=O)c2ccccc21. The Kier molecular flexibility index (Phi) is 3.23. The second-order valence-electron chi connectivity index (χ2n) is 3.75. The molecule has 0 spiro atoms. The first-order valence-corrected chi connectivity index (χ1v) is 5.31. The van der Waals surface area contributed by atoms with Crippen molar-refractivity contribution in [1.29, 1.82) is 0 Å². The average molecular weight is 245 g/mol. The Bertz CT molecular complexity index is 672. The molecular formula is C13H11NO4. The molecule has 0 amide bonds. The summed E-state index contributed by atoms with van der Waals surface area (Å²) in [6.07, 6.45) is 1.86. The zero-order valence-electron chi connectivity index (χ0n) is 9.75. The fraction of sp³-hybridized carbons (Fsp3) is 0.154. The minimum atomic E-state index is -0.444. The van der Waals surface area contributed by atoms with Crippen LogP contribution in [-0.2, 0) is 16.1 Å². The maximum Gasteiger partial charge on any atom is 0.325 e. The molecule has 5 heteroatoms. The van der Waals surface area contributed by atoms with Crippen LogP contribution in [0, 0.1) is 0 Å². The van der Waals surface area contributed by atoms with Crippen LogP contribution in [0.5, 0.6) is 0 Å². The molecule has 0 saturated heterocycles. The van der Waals surface area contributed by atoms with Gasteiger partial charge in [0.2, 0.25) is 0 Å². The van der Waals surface area contributed by atoms with Crippen LogP contribution >= 0.6 is 0 Å². The van der Waals surface area contributed by atoms with E-state index in [2.05, 4.69) is 4.74 Å². The molecule has 0 aliphatic rings. The molecule has 0 aliphatic carbocycles. The van der Waals surface area contributed by atoms with Crippen LogP contribution in [0.2, 0.25) is 0 Å². The van der Waals surface area contributed by atoms with Gasteiger partial charge < -0.3 is 9.30 Å². The van der Waals surface area contributed by atoms with Gasteiger partial charge in [0.05, 0.1) is 18.2 Å². The van der Waals surface area contributed by atoms with Crippen molar-refractivity contribution in [3.8, 4) is 0 Å². The molecule has 0 bridgehead atoms. The number of methoxy groups -OCH3 is 1. The Labute approximate surface area is 103 Å². The van der Waals surface area contributed by atoms with Crippen molar-refractivity contribution in [1.82, 2.24) is 4.57 Å². The Morgan fingerprint density at radius 1 is 1.39 bits per heavy atom. The molecule has 2 aromatic rings. The van der Waals surface area contributed by atoms with Crippen molar-refractivity contribution in [3.05, 3.63) is 46.2 Å². The van der Waals surface area contributed by atoms with Gasteiger partial charge in [-0.15, -0.1) is 0 Å². The summed E-state index contributed by atoms with van der Waals surface area (Å²) in [5.41, 5.74) is 0.290. The van der Waals surface area contributed by atoms with Crippen LogP contribution in [0.3, 0.4) is 0 Å². The summed E-state index contributed by atoms with van der Waals surface area (Å²) in [5.74, 6) is -0.444. The van der Waals surface area contributed by atoms with Crippen LogP contribution in [-0.4, -0.2) is 23.9 Å². The highest BCUT2D eigenvalue weighted by molar-refractivity contribution is 5.87. The highest BCUT2D eigenvalue weighted by atomic mass is 16.5. The first-order chi connectivity index (χ1) is 8.67. The molecule has 0 aliphatic heterocycles. The first kappa shape index (κ1) is 12.0. The van der Waals surface area contributed by atoms with Crippen LogP contribution < -0.4 is 5.43 Å². The number of pyridine rings is 1. The summed E-state index contributed by atoms with van der Waals surface area (Å²) in [6.45, 7) is -0.0435. The van der Waals surface area contributed by atoms with Gasteiger partial charge in [-0.05, 0) is 12.1 Å². The molecule has 0 unspecified atom stereocenters. The number of benzene rings is 1. The predicted molar refractivity (Wildman–Crippen MR) is 65.6 cm³/mol. The number of nitrogens with zero attached hydrogens (tertiary/aromatic N) is 1. The Balaban J connectivity index is 2.72. The molecule has 1 aromatic heterocycles. The molecule has 0 radical (unpaired) electrons. The van der Waals surface area contributed by atoms with Gasteiger partial charge >= 0.3 is 5.97 Å². The molecule has 0 N–H and O–H groups in total. The van der Waals surface area contributed by atoms with Crippen LogP contribution in [0.1, 0.15) is 10.4 Å². The van der Waals surface area contributed by atoms with Gasteiger partial charge in [0.15, 0.2) is 11.7 Å². The summed E-state index contributed by atoms with van der Waals surface area (Å²) in [5, 5.41) is 0.408. The Morgan fingerprint density at radius 2 is 2.11 bits per heavy atom. The van der Waals surface area contributed by atoms with Gasteiger partial charge in [0, 0.05) is 11.6 Å². The summed E-state index contributed by atoms with van der Waals surface area (Å²) >= 11 is 0. The Morgan fingerprint density at radius 3 is 2.78 bits per heavy atom. The van der Waals surface area contributed by atoms with E-state index in [-0.39, 0.29) is 17.5 Å². The van der Waals surface area contributed by atoms with E-state index >= 15 is 0 Å². The number of carbonyl (C=O) groups excluding carboxylic acids is 2. The number of esters is 1. The molecule has 1 heterocycles. The van der Waals surface area contributed by atoms with Gasteiger partial charge in [-0.25, -0.2) is 0 Å². The fourth-order valence-corrected chi connectivity index (χ4v) is 1.79. The lowest BCUT2D eigenvalue weighted by molar-refractivity contribution is -0.141. The number of carbonyl (C=O) groups is 2. The molecule has 1 aromatic carbocycles. The van der Waals surface area contributed by atoms with Crippen molar-refractivity contribution in [2.45, 2.75) is 6.54 Å². The number of fused-ring (bicyclic) bond motifs is 1. The molecule has 0 fully saturated rings. The molecule has 0 saturated carbocycles. The minimum absolute atomic E-state index is 0.0256. The lowest BCUT2D eigenvalue weighted by atomic mass is 10.1. The van der Waals surface area contributed by atoms with Crippen LogP contribution in [0.25, 0.3) is 10.9 Å². The summed E-state index contributed by atoms with van der Waals surface area (Å²) in [4.78, 5) is 34.1. The topological polar surface area (TPSA) is 65.4 Å². The summed E-state index contributed by atoms with van der Waals surface area (Å²) < 4.78 is 6.11. The second-order valence-corrected chi connectivity index (χ2v) is 3.75. The van der Waals surface area contributed by atoms with Crippen molar-refractivity contribution >= 4 is 23.2 Å². The lowest BCUT2D eigenvalue weighted by Crippen LogP contribution is -2.18. The third-order valence-corrected chi connectivity index (χ3v) is 2.67. The largest absolute Gasteiger partial charge is 0.468 e. The highest BCUT2D eigenvalue weighted by Crippen LogP contribution is 2.11. The van der Waals surface area contributed by atoms with Crippen molar-refractivity contribution < 1.29 is 14.3 Å². The normalized spacial score (nSPS) is 10.3. The number of ether oxygens (including phenoxy) is 1. The zero-order valence-corrected chi connectivity index (χ0v) is 9.75. The summed E-state index contributed by atoms with van der Waals surface area (Å²) in [6, 6.07) is 6.81. The molecule has 92 valence electrons. The molecule has 18 heavy (non-hydrogen) atoms. The van der Waals surface area contributed by atoms with E-state index in [9.17, 15) is 14.4 Å². The minimum Gasteiger partial charge on any atom is -0.468 e. The smallest absolute Gasteiger partial charge is 0.325 e. The fourth-order valence-electron chi connectivity index (χ4n) is 1.79. The third kappa shape index (κ3) is 2.02. The number of hydrogen-bond donors (Lipinski definition) is 0. The van der Waals surface area contributed by atoms with E-state index in [0.717, 1.165) is 0 Å². The summed E-state index contributed by atoms with van der Waals surface area (Å²) in [7, 11) is 1.29. The van der Waals surface area contributed by atoms with E-state index < -0.39 is 5.97 Å². The number of aromatic nitrogens is 1. The maximum atomic E-state index is 11.9. The number of aldehydes is 1. The van der Waals surface area contributed by atoms with Gasteiger partial charge in [0.1, 0.15) is 6.54 Å². The van der Waals surface area contributed by atoms with Crippen molar-refractivity contribution in [2.75, 3.05) is 7.11 Å².